The van der Waals surface area contributed by atoms with Gasteiger partial charge in [0, 0.05) is 38.5 Å². The fraction of sp³-hybridized carbons (Fsp3) is 0.588. The number of carbonyl (C=O) groups excluding carboxylic acids is 1. The van der Waals surface area contributed by atoms with Crippen molar-refractivity contribution in [2.45, 2.75) is 19.4 Å². The first-order valence-corrected chi connectivity index (χ1v) is 8.04. The lowest BCUT2D eigenvalue weighted by Gasteiger charge is -2.20. The number of nitrogens with zero attached hydrogens (tertiary/aromatic N) is 1. The van der Waals surface area contributed by atoms with Gasteiger partial charge in [-0.2, -0.15) is 0 Å². The van der Waals surface area contributed by atoms with Gasteiger partial charge < -0.3 is 25.0 Å². The molecule has 1 fully saturated rings. The van der Waals surface area contributed by atoms with Crippen molar-refractivity contribution in [1.29, 1.82) is 0 Å². The maximum atomic E-state index is 11.8. The van der Waals surface area contributed by atoms with Crippen LogP contribution in [0, 0.1) is 5.92 Å². The zero-order valence-corrected chi connectivity index (χ0v) is 14.2. The Balaban J connectivity index is 1.76. The van der Waals surface area contributed by atoms with E-state index in [-0.39, 0.29) is 12.1 Å². The number of hydrogen-bond donors (Lipinski definition) is 2. The molecule has 1 heterocycles. The van der Waals surface area contributed by atoms with E-state index in [2.05, 4.69) is 27.7 Å². The SMILES string of the molecule is COC[C@H](C)NC(=O)NC[C@H]1CCN(c2cccc(OC)c2)C1. The van der Waals surface area contributed by atoms with Crippen LogP contribution in [0.4, 0.5) is 10.5 Å². The molecule has 1 saturated heterocycles. The van der Waals surface area contributed by atoms with Crippen molar-refractivity contribution in [3.8, 4) is 5.75 Å². The number of benzene rings is 1. The Morgan fingerprint density at radius 3 is 3.00 bits per heavy atom. The smallest absolute Gasteiger partial charge is 0.315 e. The Hall–Kier alpha value is -1.95. The van der Waals surface area contributed by atoms with Crippen molar-refractivity contribution < 1.29 is 14.3 Å². The first-order chi connectivity index (χ1) is 11.1. The third kappa shape index (κ3) is 5.32. The molecule has 128 valence electrons. The molecule has 0 saturated carbocycles. The van der Waals surface area contributed by atoms with Crippen LogP contribution in [0.1, 0.15) is 13.3 Å². The van der Waals surface area contributed by atoms with Crippen molar-refractivity contribution in [3.63, 3.8) is 0 Å². The second-order valence-electron chi connectivity index (χ2n) is 6.01. The topological polar surface area (TPSA) is 62.8 Å². The Labute approximate surface area is 138 Å². The zero-order valence-electron chi connectivity index (χ0n) is 14.2. The molecule has 6 heteroatoms. The van der Waals surface area contributed by atoms with Gasteiger partial charge in [-0.05, 0) is 31.4 Å². The summed E-state index contributed by atoms with van der Waals surface area (Å²) < 4.78 is 10.3. The summed E-state index contributed by atoms with van der Waals surface area (Å²) in [5, 5.41) is 5.81. The van der Waals surface area contributed by atoms with E-state index in [1.165, 1.54) is 5.69 Å². The minimum absolute atomic E-state index is 0.0110. The Kier molecular flexibility index (Phi) is 6.52. The number of nitrogens with one attached hydrogen (secondary N) is 2. The van der Waals surface area contributed by atoms with Crippen LogP contribution in [-0.4, -0.2) is 52.5 Å². The highest BCUT2D eigenvalue weighted by atomic mass is 16.5. The molecule has 0 unspecified atom stereocenters. The largest absolute Gasteiger partial charge is 0.497 e. The van der Waals surface area contributed by atoms with Gasteiger partial charge in [-0.1, -0.05) is 6.07 Å². The predicted molar refractivity (Wildman–Crippen MR) is 91.2 cm³/mol. The molecule has 1 aliphatic rings. The van der Waals surface area contributed by atoms with E-state index in [4.69, 9.17) is 9.47 Å². The average molecular weight is 321 g/mol. The maximum absolute atomic E-state index is 11.8. The first kappa shape index (κ1) is 17.4. The molecule has 0 aromatic heterocycles. The first-order valence-electron chi connectivity index (χ1n) is 8.04. The zero-order chi connectivity index (χ0) is 16.7. The molecule has 1 aromatic carbocycles. The van der Waals surface area contributed by atoms with Crippen LogP contribution < -0.4 is 20.3 Å². The summed E-state index contributed by atoms with van der Waals surface area (Å²) in [4.78, 5) is 14.1. The van der Waals surface area contributed by atoms with Crippen molar-refractivity contribution in [1.82, 2.24) is 10.6 Å². The molecule has 0 radical (unpaired) electrons. The fourth-order valence-corrected chi connectivity index (χ4v) is 2.84. The standard InChI is InChI=1S/C17H27N3O3/c1-13(12-22-2)19-17(21)18-10-14-7-8-20(11-14)15-5-4-6-16(9-15)23-3/h4-6,9,13-14H,7-8,10-12H2,1-3H3,(H2,18,19,21)/t13-,14+/m0/s1. The molecule has 2 N–H and O–H groups in total. The van der Waals surface area contributed by atoms with Crippen LogP contribution in [0.15, 0.2) is 24.3 Å². The summed E-state index contributed by atoms with van der Waals surface area (Å²) in [6.07, 6.45) is 1.07. The number of urea groups is 1. The molecular formula is C17H27N3O3. The summed E-state index contributed by atoms with van der Waals surface area (Å²) in [6, 6.07) is 7.98. The van der Waals surface area contributed by atoms with E-state index in [0.29, 0.717) is 19.1 Å². The highest BCUT2D eigenvalue weighted by Gasteiger charge is 2.23. The summed E-state index contributed by atoms with van der Waals surface area (Å²) in [6.45, 7) is 5.07. The number of anilines is 1. The van der Waals surface area contributed by atoms with Crippen LogP contribution in [0.3, 0.4) is 0 Å². The third-order valence-electron chi connectivity index (χ3n) is 4.05. The van der Waals surface area contributed by atoms with E-state index < -0.39 is 0 Å². The number of carbonyl (C=O) groups is 1. The van der Waals surface area contributed by atoms with Gasteiger partial charge in [0.25, 0.3) is 0 Å². The minimum Gasteiger partial charge on any atom is -0.497 e. The van der Waals surface area contributed by atoms with E-state index in [0.717, 1.165) is 25.3 Å². The monoisotopic (exact) mass is 321 g/mol. The molecule has 1 aromatic rings. The Morgan fingerprint density at radius 1 is 1.43 bits per heavy atom. The predicted octanol–water partition coefficient (Wildman–Crippen LogP) is 1.86. The number of hydrogen-bond acceptors (Lipinski definition) is 4. The summed E-state index contributed by atoms with van der Waals surface area (Å²) in [7, 11) is 3.31. The highest BCUT2D eigenvalue weighted by Crippen LogP contribution is 2.26. The molecule has 0 bridgehead atoms. The van der Waals surface area contributed by atoms with Crippen LogP contribution in [0.2, 0.25) is 0 Å². The van der Waals surface area contributed by atoms with Gasteiger partial charge in [0.05, 0.1) is 19.8 Å². The van der Waals surface area contributed by atoms with E-state index >= 15 is 0 Å². The van der Waals surface area contributed by atoms with Gasteiger partial charge in [0.1, 0.15) is 5.75 Å². The van der Waals surface area contributed by atoms with Crippen LogP contribution in [0.25, 0.3) is 0 Å². The van der Waals surface area contributed by atoms with E-state index in [1.807, 2.05) is 19.1 Å². The van der Waals surface area contributed by atoms with Crippen LogP contribution >= 0.6 is 0 Å². The Morgan fingerprint density at radius 2 is 2.26 bits per heavy atom. The van der Waals surface area contributed by atoms with Gasteiger partial charge in [-0.3, -0.25) is 0 Å². The second-order valence-corrected chi connectivity index (χ2v) is 6.01. The van der Waals surface area contributed by atoms with Crippen molar-refractivity contribution in [2.75, 3.05) is 45.4 Å². The summed E-state index contributed by atoms with van der Waals surface area (Å²) >= 11 is 0. The molecule has 23 heavy (non-hydrogen) atoms. The molecule has 2 atom stereocenters. The van der Waals surface area contributed by atoms with Crippen LogP contribution in [-0.2, 0) is 4.74 Å². The van der Waals surface area contributed by atoms with Gasteiger partial charge >= 0.3 is 6.03 Å². The van der Waals surface area contributed by atoms with Gasteiger partial charge in [-0.15, -0.1) is 0 Å². The lowest BCUT2D eigenvalue weighted by molar-refractivity contribution is 0.170. The highest BCUT2D eigenvalue weighted by molar-refractivity contribution is 5.74. The molecule has 0 spiro atoms. The molecular weight excluding hydrogens is 294 g/mol. The maximum Gasteiger partial charge on any atom is 0.315 e. The molecule has 6 nitrogen and oxygen atoms in total. The van der Waals surface area contributed by atoms with E-state index in [9.17, 15) is 4.79 Å². The lowest BCUT2D eigenvalue weighted by atomic mass is 10.1. The lowest BCUT2D eigenvalue weighted by Crippen LogP contribution is -2.44. The quantitative estimate of drug-likeness (QED) is 0.804. The molecule has 2 rings (SSSR count). The van der Waals surface area contributed by atoms with Crippen LogP contribution in [0.5, 0.6) is 5.75 Å². The number of rotatable bonds is 7. The van der Waals surface area contributed by atoms with Gasteiger partial charge in [0.15, 0.2) is 0 Å². The third-order valence-corrected chi connectivity index (χ3v) is 4.05. The van der Waals surface area contributed by atoms with Crippen molar-refractivity contribution in [2.24, 2.45) is 5.92 Å². The summed E-state index contributed by atoms with van der Waals surface area (Å²) in [5.74, 6) is 1.33. The fourth-order valence-electron chi connectivity index (χ4n) is 2.84. The average Bonchev–Trinajstić information content (AvgIpc) is 3.02. The molecule has 1 aliphatic heterocycles. The number of amides is 2. The van der Waals surface area contributed by atoms with E-state index in [1.54, 1.807) is 14.2 Å². The minimum atomic E-state index is -0.130. The van der Waals surface area contributed by atoms with Gasteiger partial charge in [0.2, 0.25) is 0 Å². The molecule has 2 amide bonds. The number of methoxy groups -OCH3 is 2. The normalized spacial score (nSPS) is 18.6. The van der Waals surface area contributed by atoms with Gasteiger partial charge in [-0.25, -0.2) is 4.79 Å². The molecule has 0 aliphatic carbocycles. The van der Waals surface area contributed by atoms with Crippen molar-refractivity contribution in [3.05, 3.63) is 24.3 Å². The van der Waals surface area contributed by atoms with Crippen molar-refractivity contribution >= 4 is 11.7 Å². The second kappa shape index (κ2) is 8.62. The number of ether oxygens (including phenoxy) is 2. The Bertz CT molecular complexity index is 510. The summed E-state index contributed by atoms with van der Waals surface area (Å²) in [5.41, 5.74) is 1.17.